The molecule has 0 fully saturated rings. The molecule has 1 heteroatoms. The third-order valence-electron chi connectivity index (χ3n) is 4.17. The zero-order valence-corrected chi connectivity index (χ0v) is 14.2. The molecule has 0 amide bonds. The standard InChI is InChI=1S/C22H28O/c1-3-5-12-18-23-21(13-4-2)22(19-14-8-6-9-15-19)20-16-10-7-11-17-20/h4,6-11,14-17,21-22H,2-3,5,12-13,18H2,1H3/t21-/m0/s1. The summed E-state index contributed by atoms with van der Waals surface area (Å²) in [6.45, 7) is 6.98. The maximum Gasteiger partial charge on any atom is 0.0718 e. The van der Waals surface area contributed by atoms with E-state index in [4.69, 9.17) is 4.74 Å². The van der Waals surface area contributed by atoms with Gasteiger partial charge in [-0.2, -0.15) is 0 Å². The quantitative estimate of drug-likeness (QED) is 0.388. The molecule has 23 heavy (non-hydrogen) atoms. The van der Waals surface area contributed by atoms with Crippen molar-refractivity contribution in [2.45, 2.75) is 44.6 Å². The van der Waals surface area contributed by atoms with Crippen LogP contribution in [0.25, 0.3) is 0 Å². The Morgan fingerprint density at radius 3 is 1.96 bits per heavy atom. The molecular formula is C22H28O. The van der Waals surface area contributed by atoms with Crippen LogP contribution in [0.5, 0.6) is 0 Å². The van der Waals surface area contributed by atoms with Crippen molar-refractivity contribution in [3.8, 4) is 0 Å². The monoisotopic (exact) mass is 308 g/mol. The van der Waals surface area contributed by atoms with Gasteiger partial charge in [-0.05, 0) is 24.0 Å². The second-order valence-corrected chi connectivity index (χ2v) is 5.94. The van der Waals surface area contributed by atoms with Crippen molar-refractivity contribution in [2.75, 3.05) is 6.61 Å². The van der Waals surface area contributed by atoms with Crippen LogP contribution >= 0.6 is 0 Å². The molecule has 2 rings (SSSR count). The lowest BCUT2D eigenvalue weighted by Gasteiger charge is -2.28. The molecule has 0 aliphatic rings. The summed E-state index contributed by atoms with van der Waals surface area (Å²) < 4.78 is 6.28. The molecular weight excluding hydrogens is 280 g/mol. The summed E-state index contributed by atoms with van der Waals surface area (Å²) in [5.74, 6) is 0.247. The minimum atomic E-state index is 0.133. The summed E-state index contributed by atoms with van der Waals surface area (Å²) in [5.41, 5.74) is 2.61. The molecule has 0 bridgehead atoms. The van der Waals surface area contributed by atoms with Crippen molar-refractivity contribution in [2.24, 2.45) is 0 Å². The molecule has 0 unspecified atom stereocenters. The van der Waals surface area contributed by atoms with Crippen LogP contribution in [0, 0.1) is 0 Å². The first-order valence-electron chi connectivity index (χ1n) is 8.69. The summed E-state index contributed by atoms with van der Waals surface area (Å²) in [4.78, 5) is 0. The molecule has 0 saturated heterocycles. The van der Waals surface area contributed by atoms with E-state index >= 15 is 0 Å². The lowest BCUT2D eigenvalue weighted by molar-refractivity contribution is 0.0419. The molecule has 2 aromatic rings. The van der Waals surface area contributed by atoms with Crippen LogP contribution in [-0.2, 0) is 4.74 Å². The lowest BCUT2D eigenvalue weighted by Crippen LogP contribution is -2.23. The Bertz CT molecular complexity index is 507. The fourth-order valence-corrected chi connectivity index (χ4v) is 2.99. The first kappa shape index (κ1) is 17.5. The Morgan fingerprint density at radius 1 is 0.913 bits per heavy atom. The largest absolute Gasteiger partial charge is 0.377 e. The van der Waals surface area contributed by atoms with Gasteiger partial charge in [0.25, 0.3) is 0 Å². The highest BCUT2D eigenvalue weighted by atomic mass is 16.5. The number of ether oxygens (including phenoxy) is 1. The number of hydrogen-bond donors (Lipinski definition) is 0. The fourth-order valence-electron chi connectivity index (χ4n) is 2.99. The van der Waals surface area contributed by atoms with E-state index in [1.807, 2.05) is 6.08 Å². The van der Waals surface area contributed by atoms with Gasteiger partial charge in [0.05, 0.1) is 6.10 Å². The van der Waals surface area contributed by atoms with E-state index in [1.165, 1.54) is 24.0 Å². The van der Waals surface area contributed by atoms with Gasteiger partial charge in [-0.15, -0.1) is 6.58 Å². The van der Waals surface area contributed by atoms with Crippen LogP contribution in [0.2, 0.25) is 0 Å². The molecule has 2 aromatic carbocycles. The predicted molar refractivity (Wildman–Crippen MR) is 98.8 cm³/mol. The van der Waals surface area contributed by atoms with Crippen LogP contribution in [-0.4, -0.2) is 12.7 Å². The Hall–Kier alpha value is -1.86. The van der Waals surface area contributed by atoms with Gasteiger partial charge < -0.3 is 4.74 Å². The number of benzene rings is 2. The Labute approximate surface area is 141 Å². The molecule has 0 aliphatic carbocycles. The van der Waals surface area contributed by atoms with Crippen molar-refractivity contribution in [3.05, 3.63) is 84.4 Å². The highest BCUT2D eigenvalue weighted by Crippen LogP contribution is 2.31. The third-order valence-corrected chi connectivity index (χ3v) is 4.17. The molecule has 0 spiro atoms. The third kappa shape index (κ3) is 5.37. The summed E-state index contributed by atoms with van der Waals surface area (Å²) in [5, 5.41) is 0. The minimum Gasteiger partial charge on any atom is -0.377 e. The molecule has 0 saturated carbocycles. The van der Waals surface area contributed by atoms with Crippen LogP contribution in [0.15, 0.2) is 73.3 Å². The van der Waals surface area contributed by atoms with Gasteiger partial charge in [0.15, 0.2) is 0 Å². The second-order valence-electron chi connectivity index (χ2n) is 5.94. The molecule has 0 aromatic heterocycles. The van der Waals surface area contributed by atoms with Crippen molar-refractivity contribution in [3.63, 3.8) is 0 Å². The van der Waals surface area contributed by atoms with Crippen molar-refractivity contribution in [1.29, 1.82) is 0 Å². The van der Waals surface area contributed by atoms with Gasteiger partial charge in [0, 0.05) is 12.5 Å². The maximum atomic E-state index is 6.28. The molecule has 0 aliphatic heterocycles. The maximum absolute atomic E-state index is 6.28. The SMILES string of the molecule is C=CC[C@H](OCCCCC)C(c1ccccc1)c1ccccc1. The van der Waals surface area contributed by atoms with E-state index in [2.05, 4.69) is 74.2 Å². The Morgan fingerprint density at radius 2 is 1.48 bits per heavy atom. The Balaban J connectivity index is 2.24. The van der Waals surface area contributed by atoms with Gasteiger partial charge in [-0.25, -0.2) is 0 Å². The van der Waals surface area contributed by atoms with Crippen LogP contribution in [0.4, 0.5) is 0 Å². The second kappa shape index (κ2) is 10.0. The minimum absolute atomic E-state index is 0.133. The van der Waals surface area contributed by atoms with E-state index in [-0.39, 0.29) is 12.0 Å². The molecule has 1 atom stereocenters. The van der Waals surface area contributed by atoms with E-state index in [1.54, 1.807) is 0 Å². The molecule has 0 N–H and O–H groups in total. The average Bonchev–Trinajstić information content (AvgIpc) is 2.61. The van der Waals surface area contributed by atoms with Crippen molar-refractivity contribution < 1.29 is 4.74 Å². The molecule has 122 valence electrons. The number of hydrogen-bond acceptors (Lipinski definition) is 1. The molecule has 1 nitrogen and oxygen atoms in total. The van der Waals surface area contributed by atoms with Crippen LogP contribution in [0.1, 0.15) is 49.7 Å². The average molecular weight is 308 g/mol. The summed E-state index contributed by atoms with van der Waals surface area (Å²) >= 11 is 0. The fraction of sp³-hybridized carbons (Fsp3) is 0.364. The highest BCUT2D eigenvalue weighted by molar-refractivity contribution is 5.34. The topological polar surface area (TPSA) is 9.23 Å². The first-order chi connectivity index (χ1) is 11.4. The smallest absolute Gasteiger partial charge is 0.0718 e. The van der Waals surface area contributed by atoms with Gasteiger partial charge >= 0.3 is 0 Å². The summed E-state index contributed by atoms with van der Waals surface area (Å²) in [7, 11) is 0. The normalized spacial score (nSPS) is 12.3. The van der Waals surface area contributed by atoms with E-state index < -0.39 is 0 Å². The Kier molecular flexibility index (Phi) is 7.62. The van der Waals surface area contributed by atoms with E-state index in [0.29, 0.717) is 0 Å². The number of rotatable bonds is 10. The number of unbranched alkanes of at least 4 members (excludes halogenated alkanes) is 2. The van der Waals surface area contributed by atoms with Gasteiger partial charge in [0.1, 0.15) is 0 Å². The molecule has 0 heterocycles. The first-order valence-corrected chi connectivity index (χ1v) is 8.69. The lowest BCUT2D eigenvalue weighted by atomic mass is 9.85. The molecule has 0 radical (unpaired) electrons. The van der Waals surface area contributed by atoms with Crippen molar-refractivity contribution >= 4 is 0 Å². The summed E-state index contributed by atoms with van der Waals surface area (Å²) in [6, 6.07) is 21.3. The van der Waals surface area contributed by atoms with Crippen molar-refractivity contribution in [1.82, 2.24) is 0 Å². The predicted octanol–water partition coefficient (Wildman–Crippen LogP) is 5.97. The van der Waals surface area contributed by atoms with E-state index in [0.717, 1.165) is 19.4 Å². The van der Waals surface area contributed by atoms with Crippen LogP contribution in [0.3, 0.4) is 0 Å². The van der Waals surface area contributed by atoms with E-state index in [9.17, 15) is 0 Å². The summed E-state index contributed by atoms with van der Waals surface area (Å²) in [6.07, 6.45) is 6.54. The van der Waals surface area contributed by atoms with Gasteiger partial charge in [0.2, 0.25) is 0 Å². The van der Waals surface area contributed by atoms with Gasteiger partial charge in [-0.3, -0.25) is 0 Å². The van der Waals surface area contributed by atoms with Gasteiger partial charge in [-0.1, -0.05) is 86.5 Å². The zero-order valence-electron chi connectivity index (χ0n) is 14.2. The van der Waals surface area contributed by atoms with Crippen LogP contribution < -0.4 is 0 Å². The zero-order chi connectivity index (χ0) is 16.3. The highest BCUT2D eigenvalue weighted by Gasteiger charge is 2.24.